The average Bonchev–Trinajstić information content (AvgIpc) is 2.29. The Labute approximate surface area is 105 Å². The van der Waals surface area contributed by atoms with Crippen LogP contribution >= 0.6 is 0 Å². The molecule has 2 amide bonds. The number of likely N-dealkylation sites (tertiary alicyclic amines) is 1. The molecule has 1 saturated heterocycles. The van der Waals surface area contributed by atoms with Crippen LogP contribution in [0.2, 0.25) is 0 Å². The third-order valence-electron chi connectivity index (χ3n) is 3.11. The van der Waals surface area contributed by atoms with Gasteiger partial charge in [0.15, 0.2) is 0 Å². The number of aliphatic carboxylic acids is 1. The van der Waals surface area contributed by atoms with Crippen LogP contribution in [0.25, 0.3) is 0 Å². The molecule has 18 heavy (non-hydrogen) atoms. The Bertz CT molecular complexity index is 337. The first kappa shape index (κ1) is 14.4. The number of piperidine rings is 1. The highest BCUT2D eigenvalue weighted by Crippen LogP contribution is 2.15. The van der Waals surface area contributed by atoms with Crippen LogP contribution in [0, 0.1) is 5.92 Å². The fourth-order valence-electron chi connectivity index (χ4n) is 1.93. The molecule has 0 radical (unpaired) electrons. The van der Waals surface area contributed by atoms with Gasteiger partial charge in [-0.1, -0.05) is 0 Å². The Balaban J connectivity index is 2.30. The van der Waals surface area contributed by atoms with Crippen molar-refractivity contribution in [1.82, 2.24) is 10.2 Å². The molecule has 7 nitrogen and oxygen atoms in total. The zero-order valence-corrected chi connectivity index (χ0v) is 10.4. The molecule has 1 aliphatic rings. The van der Waals surface area contributed by atoms with E-state index in [4.69, 9.17) is 10.8 Å². The van der Waals surface area contributed by atoms with E-state index in [-0.39, 0.29) is 24.3 Å². The SMILES string of the molecule is CC(NC(=O)CN1CCC(C(N)=O)CC1)C(=O)O. The number of hydrogen-bond donors (Lipinski definition) is 3. The van der Waals surface area contributed by atoms with Gasteiger partial charge >= 0.3 is 5.97 Å². The van der Waals surface area contributed by atoms with Crippen molar-refractivity contribution >= 4 is 17.8 Å². The zero-order chi connectivity index (χ0) is 13.7. The van der Waals surface area contributed by atoms with Gasteiger partial charge in [0, 0.05) is 5.92 Å². The van der Waals surface area contributed by atoms with Crippen molar-refractivity contribution in [2.75, 3.05) is 19.6 Å². The molecule has 1 aliphatic heterocycles. The molecule has 7 heteroatoms. The molecule has 0 spiro atoms. The number of carbonyl (C=O) groups excluding carboxylic acids is 2. The highest BCUT2D eigenvalue weighted by atomic mass is 16.4. The first-order valence-corrected chi connectivity index (χ1v) is 5.94. The van der Waals surface area contributed by atoms with E-state index in [9.17, 15) is 14.4 Å². The van der Waals surface area contributed by atoms with Gasteiger partial charge in [-0.25, -0.2) is 0 Å². The molecule has 0 aromatic rings. The van der Waals surface area contributed by atoms with Crippen LogP contribution in [0.1, 0.15) is 19.8 Å². The number of rotatable bonds is 5. The molecule has 1 atom stereocenters. The fraction of sp³-hybridized carbons (Fsp3) is 0.727. The molecular formula is C11H19N3O4. The third-order valence-corrected chi connectivity index (χ3v) is 3.11. The molecule has 0 aromatic carbocycles. The van der Waals surface area contributed by atoms with E-state index in [0.29, 0.717) is 25.9 Å². The van der Waals surface area contributed by atoms with Crippen molar-refractivity contribution in [2.45, 2.75) is 25.8 Å². The van der Waals surface area contributed by atoms with Gasteiger partial charge < -0.3 is 16.2 Å². The molecule has 0 aliphatic carbocycles. The molecule has 1 rings (SSSR count). The predicted molar refractivity (Wildman–Crippen MR) is 63.6 cm³/mol. The van der Waals surface area contributed by atoms with Gasteiger partial charge in [-0.15, -0.1) is 0 Å². The lowest BCUT2D eigenvalue weighted by Gasteiger charge is -2.30. The lowest BCUT2D eigenvalue weighted by Crippen LogP contribution is -2.47. The summed E-state index contributed by atoms with van der Waals surface area (Å²) in [5.74, 6) is -1.78. The molecule has 0 saturated carbocycles. The van der Waals surface area contributed by atoms with Crippen molar-refractivity contribution in [3.8, 4) is 0 Å². The van der Waals surface area contributed by atoms with E-state index in [2.05, 4.69) is 5.32 Å². The van der Waals surface area contributed by atoms with Gasteiger partial charge in [0.2, 0.25) is 11.8 Å². The lowest BCUT2D eigenvalue weighted by atomic mass is 9.96. The maximum atomic E-state index is 11.5. The van der Waals surface area contributed by atoms with Crippen molar-refractivity contribution in [3.05, 3.63) is 0 Å². The van der Waals surface area contributed by atoms with Gasteiger partial charge in [0.1, 0.15) is 6.04 Å². The number of nitrogens with two attached hydrogens (primary N) is 1. The van der Waals surface area contributed by atoms with Crippen molar-refractivity contribution < 1.29 is 19.5 Å². The van der Waals surface area contributed by atoms with Gasteiger partial charge in [0.05, 0.1) is 6.54 Å². The number of carboxylic acids is 1. The molecule has 102 valence electrons. The first-order chi connectivity index (χ1) is 8.40. The van der Waals surface area contributed by atoms with E-state index in [1.54, 1.807) is 0 Å². The molecule has 4 N–H and O–H groups in total. The number of primary amides is 1. The van der Waals surface area contributed by atoms with Crippen molar-refractivity contribution in [2.24, 2.45) is 11.7 Å². The minimum Gasteiger partial charge on any atom is -0.480 e. The smallest absolute Gasteiger partial charge is 0.325 e. The predicted octanol–water partition coefficient (Wildman–Crippen LogP) is -1.23. The van der Waals surface area contributed by atoms with Crippen LogP contribution in [0.15, 0.2) is 0 Å². The van der Waals surface area contributed by atoms with Gasteiger partial charge in [-0.05, 0) is 32.9 Å². The number of carbonyl (C=O) groups is 3. The van der Waals surface area contributed by atoms with E-state index in [1.165, 1.54) is 6.92 Å². The van der Waals surface area contributed by atoms with Crippen LogP contribution in [0.4, 0.5) is 0 Å². The minimum absolute atomic E-state index is 0.109. The fourth-order valence-corrected chi connectivity index (χ4v) is 1.93. The summed E-state index contributed by atoms with van der Waals surface area (Å²) in [7, 11) is 0. The van der Waals surface area contributed by atoms with Gasteiger partial charge in [0.25, 0.3) is 0 Å². The molecule has 1 heterocycles. The van der Waals surface area contributed by atoms with Gasteiger partial charge in [-0.2, -0.15) is 0 Å². The summed E-state index contributed by atoms with van der Waals surface area (Å²) in [5, 5.41) is 11.0. The number of nitrogens with one attached hydrogen (secondary N) is 1. The van der Waals surface area contributed by atoms with Crippen LogP contribution in [0.3, 0.4) is 0 Å². The van der Waals surface area contributed by atoms with Crippen LogP contribution < -0.4 is 11.1 Å². The molecule has 0 aromatic heterocycles. The largest absolute Gasteiger partial charge is 0.480 e. The number of hydrogen-bond acceptors (Lipinski definition) is 4. The highest BCUT2D eigenvalue weighted by Gasteiger charge is 2.24. The summed E-state index contributed by atoms with van der Waals surface area (Å²) < 4.78 is 0. The zero-order valence-electron chi connectivity index (χ0n) is 10.4. The summed E-state index contributed by atoms with van der Waals surface area (Å²) >= 11 is 0. The van der Waals surface area contributed by atoms with E-state index in [1.807, 2.05) is 4.90 Å². The molecule has 1 fully saturated rings. The Morgan fingerprint density at radius 1 is 1.39 bits per heavy atom. The minimum atomic E-state index is -1.06. The number of nitrogens with zero attached hydrogens (tertiary/aromatic N) is 1. The quantitative estimate of drug-likeness (QED) is 0.571. The van der Waals surface area contributed by atoms with Crippen LogP contribution in [0.5, 0.6) is 0 Å². The summed E-state index contributed by atoms with van der Waals surface area (Å²) in [6.45, 7) is 2.83. The third kappa shape index (κ3) is 4.33. The van der Waals surface area contributed by atoms with Gasteiger partial charge in [-0.3, -0.25) is 19.3 Å². The van der Waals surface area contributed by atoms with E-state index < -0.39 is 12.0 Å². The normalized spacial score (nSPS) is 19.2. The summed E-state index contributed by atoms with van der Waals surface area (Å²) in [5.41, 5.74) is 5.21. The lowest BCUT2D eigenvalue weighted by molar-refractivity contribution is -0.141. The second-order valence-corrected chi connectivity index (χ2v) is 4.58. The van der Waals surface area contributed by atoms with Crippen molar-refractivity contribution in [1.29, 1.82) is 0 Å². The Morgan fingerprint density at radius 3 is 2.39 bits per heavy atom. The summed E-state index contributed by atoms with van der Waals surface area (Å²) in [6.07, 6.45) is 1.30. The maximum absolute atomic E-state index is 11.5. The Kier molecular flexibility index (Phi) is 5.08. The molecular weight excluding hydrogens is 238 g/mol. The standard InChI is InChI=1S/C11H19N3O4/c1-7(11(17)18)13-9(15)6-14-4-2-8(3-5-14)10(12)16/h7-8H,2-6H2,1H3,(H2,12,16)(H,13,15)(H,17,18). The second kappa shape index (κ2) is 6.34. The van der Waals surface area contributed by atoms with Crippen LogP contribution in [-0.4, -0.2) is 53.5 Å². The topological polar surface area (TPSA) is 113 Å². The highest BCUT2D eigenvalue weighted by molar-refractivity contribution is 5.84. The number of amides is 2. The first-order valence-electron chi connectivity index (χ1n) is 5.94. The molecule has 1 unspecified atom stereocenters. The maximum Gasteiger partial charge on any atom is 0.325 e. The monoisotopic (exact) mass is 257 g/mol. The van der Waals surface area contributed by atoms with E-state index in [0.717, 1.165) is 0 Å². The second-order valence-electron chi connectivity index (χ2n) is 4.58. The average molecular weight is 257 g/mol. The summed E-state index contributed by atoms with van der Waals surface area (Å²) in [4.78, 5) is 35.0. The Morgan fingerprint density at radius 2 is 1.94 bits per heavy atom. The van der Waals surface area contributed by atoms with Crippen LogP contribution in [-0.2, 0) is 14.4 Å². The Hall–Kier alpha value is -1.63. The molecule has 0 bridgehead atoms. The number of carboxylic acid groups (broad SMARTS) is 1. The summed E-state index contributed by atoms with van der Waals surface area (Å²) in [6, 6.07) is -0.888. The van der Waals surface area contributed by atoms with Crippen molar-refractivity contribution in [3.63, 3.8) is 0 Å². The van der Waals surface area contributed by atoms with E-state index >= 15 is 0 Å².